The van der Waals surface area contributed by atoms with Crippen molar-refractivity contribution in [1.29, 1.82) is 0 Å². The Morgan fingerprint density at radius 2 is 1.64 bits per heavy atom. The van der Waals surface area contributed by atoms with Gasteiger partial charge in [0, 0.05) is 38.3 Å². The van der Waals surface area contributed by atoms with Gasteiger partial charge >= 0.3 is 0 Å². The van der Waals surface area contributed by atoms with Crippen molar-refractivity contribution in [2.75, 3.05) is 40.4 Å². The van der Waals surface area contributed by atoms with Crippen LogP contribution in [-0.4, -0.2) is 61.6 Å². The van der Waals surface area contributed by atoms with Crippen LogP contribution < -0.4 is 9.47 Å². The van der Waals surface area contributed by atoms with E-state index in [1.807, 2.05) is 0 Å². The quantitative estimate of drug-likeness (QED) is 0.777. The number of benzene rings is 2. The number of hydrogen-bond donors (Lipinski definition) is 1. The number of methoxy groups -OCH3 is 2. The summed E-state index contributed by atoms with van der Waals surface area (Å²) in [7, 11) is 3.04. The third-order valence-electron chi connectivity index (χ3n) is 5.11. The topological polar surface area (TPSA) is 57.5 Å². The number of ether oxygens (including phenoxy) is 2. The zero-order valence-electron chi connectivity index (χ0n) is 17.1. The van der Waals surface area contributed by atoms with Crippen LogP contribution in [0.3, 0.4) is 0 Å². The van der Waals surface area contributed by atoms with Crippen LogP contribution in [0.15, 0.2) is 35.4 Å². The molecule has 1 saturated heterocycles. The molecule has 1 fully saturated rings. The van der Waals surface area contributed by atoms with Crippen LogP contribution in [0.1, 0.15) is 22.3 Å². The molecular formula is C22H29N3O3. The third kappa shape index (κ3) is 4.75. The minimum Gasteiger partial charge on any atom is -0.502 e. The lowest BCUT2D eigenvalue weighted by atomic mass is 10.1. The van der Waals surface area contributed by atoms with E-state index in [2.05, 4.69) is 47.1 Å². The summed E-state index contributed by atoms with van der Waals surface area (Å²) < 4.78 is 10.4. The molecule has 1 aliphatic heterocycles. The van der Waals surface area contributed by atoms with Gasteiger partial charge in [-0.25, -0.2) is 0 Å². The highest BCUT2D eigenvalue weighted by atomic mass is 16.5. The van der Waals surface area contributed by atoms with Gasteiger partial charge < -0.3 is 14.6 Å². The molecule has 1 heterocycles. The van der Waals surface area contributed by atoms with E-state index in [9.17, 15) is 5.11 Å². The summed E-state index contributed by atoms with van der Waals surface area (Å²) in [6.07, 6.45) is 1.78. The highest BCUT2D eigenvalue weighted by molar-refractivity contribution is 5.82. The molecular weight excluding hydrogens is 354 g/mol. The predicted octanol–water partition coefficient (Wildman–Crippen LogP) is 3.18. The maximum Gasteiger partial charge on any atom is 0.200 e. The van der Waals surface area contributed by atoms with Gasteiger partial charge in [-0.15, -0.1) is 0 Å². The second kappa shape index (κ2) is 8.97. The zero-order chi connectivity index (χ0) is 20.1. The molecule has 0 aromatic heterocycles. The Bertz CT molecular complexity index is 818. The second-order valence-corrected chi connectivity index (χ2v) is 7.18. The van der Waals surface area contributed by atoms with E-state index in [0.29, 0.717) is 11.5 Å². The molecule has 0 spiro atoms. The van der Waals surface area contributed by atoms with Crippen LogP contribution in [0.25, 0.3) is 0 Å². The van der Waals surface area contributed by atoms with Crippen molar-refractivity contribution in [3.05, 3.63) is 52.6 Å². The van der Waals surface area contributed by atoms with Crippen molar-refractivity contribution in [2.24, 2.45) is 5.10 Å². The minimum absolute atomic E-state index is 0.00200. The summed E-state index contributed by atoms with van der Waals surface area (Å²) in [5.74, 6) is 0.750. The number of piperazine rings is 1. The lowest BCUT2D eigenvalue weighted by Gasteiger charge is -2.33. The Hall–Kier alpha value is -2.73. The second-order valence-electron chi connectivity index (χ2n) is 7.18. The third-order valence-corrected chi connectivity index (χ3v) is 5.11. The standard InChI is InChI=1S/C22H29N3O3/c1-16-5-6-19(17(2)11-16)15-24-7-9-25(10-8-24)23-14-18-12-20(27-3)22(26)21(13-18)28-4/h5-6,11-14,26H,7-10,15H2,1-4H3. The van der Waals surface area contributed by atoms with Crippen LogP contribution >= 0.6 is 0 Å². The van der Waals surface area contributed by atoms with Crippen molar-refractivity contribution >= 4 is 6.21 Å². The highest BCUT2D eigenvalue weighted by Gasteiger charge is 2.16. The Labute approximate surface area is 167 Å². The van der Waals surface area contributed by atoms with E-state index in [1.54, 1.807) is 18.3 Å². The average molecular weight is 383 g/mol. The molecule has 2 aromatic carbocycles. The van der Waals surface area contributed by atoms with Gasteiger partial charge in [-0.3, -0.25) is 9.91 Å². The summed E-state index contributed by atoms with van der Waals surface area (Å²) in [6, 6.07) is 10.2. The maximum absolute atomic E-state index is 10.0. The molecule has 2 aromatic rings. The molecule has 6 heteroatoms. The smallest absolute Gasteiger partial charge is 0.200 e. The fourth-order valence-corrected chi connectivity index (χ4v) is 3.41. The Kier molecular flexibility index (Phi) is 6.41. The van der Waals surface area contributed by atoms with Gasteiger partial charge in [0.15, 0.2) is 11.5 Å². The van der Waals surface area contributed by atoms with Crippen LogP contribution in [0.5, 0.6) is 17.2 Å². The maximum atomic E-state index is 10.0. The van der Waals surface area contributed by atoms with Crippen LogP contribution in [0.4, 0.5) is 0 Å². The van der Waals surface area contributed by atoms with Gasteiger partial charge in [-0.1, -0.05) is 23.8 Å². The Balaban J connectivity index is 1.58. The van der Waals surface area contributed by atoms with Crippen LogP contribution in [-0.2, 0) is 6.54 Å². The van der Waals surface area contributed by atoms with Gasteiger partial charge in [-0.05, 0) is 37.1 Å². The molecule has 1 aliphatic rings. The zero-order valence-corrected chi connectivity index (χ0v) is 17.1. The van der Waals surface area contributed by atoms with Crippen LogP contribution in [0, 0.1) is 13.8 Å². The molecule has 0 unspecified atom stereocenters. The molecule has 150 valence electrons. The first-order valence-electron chi connectivity index (χ1n) is 9.52. The van der Waals surface area contributed by atoms with E-state index in [4.69, 9.17) is 9.47 Å². The average Bonchev–Trinajstić information content (AvgIpc) is 2.70. The number of hydrogen-bond acceptors (Lipinski definition) is 6. The van der Waals surface area contributed by atoms with E-state index in [-0.39, 0.29) is 5.75 Å². The molecule has 0 aliphatic carbocycles. The number of aromatic hydroxyl groups is 1. The van der Waals surface area contributed by atoms with Crippen molar-refractivity contribution in [2.45, 2.75) is 20.4 Å². The first-order chi connectivity index (χ1) is 13.5. The van der Waals surface area contributed by atoms with Crippen molar-refractivity contribution < 1.29 is 14.6 Å². The first kappa shape index (κ1) is 20.0. The van der Waals surface area contributed by atoms with E-state index in [1.165, 1.54) is 30.9 Å². The number of phenolic OH excluding ortho intramolecular Hbond substituents is 1. The molecule has 6 nitrogen and oxygen atoms in total. The summed E-state index contributed by atoms with van der Waals surface area (Å²) in [5.41, 5.74) is 4.88. The predicted molar refractivity (Wildman–Crippen MR) is 112 cm³/mol. The number of hydrazone groups is 1. The summed E-state index contributed by atoms with van der Waals surface area (Å²) in [6.45, 7) is 9.02. The minimum atomic E-state index is 0.00200. The monoisotopic (exact) mass is 383 g/mol. The number of rotatable bonds is 6. The summed E-state index contributed by atoms with van der Waals surface area (Å²) in [5, 5.41) is 16.7. The van der Waals surface area contributed by atoms with Crippen molar-refractivity contribution in [3.63, 3.8) is 0 Å². The van der Waals surface area contributed by atoms with Gasteiger partial charge in [0.25, 0.3) is 0 Å². The molecule has 0 bridgehead atoms. The molecule has 28 heavy (non-hydrogen) atoms. The van der Waals surface area contributed by atoms with Gasteiger partial charge in [-0.2, -0.15) is 5.10 Å². The highest BCUT2D eigenvalue weighted by Crippen LogP contribution is 2.36. The van der Waals surface area contributed by atoms with Gasteiger partial charge in [0.05, 0.1) is 20.4 Å². The Morgan fingerprint density at radius 1 is 1.00 bits per heavy atom. The summed E-state index contributed by atoms with van der Waals surface area (Å²) in [4.78, 5) is 2.47. The number of aryl methyl sites for hydroxylation is 2. The SMILES string of the molecule is COc1cc(C=NN2CCN(Cc3ccc(C)cc3C)CC2)cc(OC)c1O. The van der Waals surface area contributed by atoms with E-state index >= 15 is 0 Å². The first-order valence-corrected chi connectivity index (χ1v) is 9.52. The molecule has 0 amide bonds. The van der Waals surface area contributed by atoms with E-state index in [0.717, 1.165) is 38.3 Å². The Morgan fingerprint density at radius 3 is 2.21 bits per heavy atom. The van der Waals surface area contributed by atoms with Crippen molar-refractivity contribution in [1.82, 2.24) is 9.91 Å². The van der Waals surface area contributed by atoms with Crippen LogP contribution in [0.2, 0.25) is 0 Å². The molecule has 0 saturated carbocycles. The van der Waals surface area contributed by atoms with E-state index < -0.39 is 0 Å². The fraction of sp³-hybridized carbons (Fsp3) is 0.409. The van der Waals surface area contributed by atoms with Gasteiger partial charge in [0.1, 0.15) is 0 Å². The molecule has 0 radical (unpaired) electrons. The lowest BCUT2D eigenvalue weighted by Crippen LogP contribution is -2.43. The molecule has 1 N–H and O–H groups in total. The molecule has 3 rings (SSSR count). The molecule has 0 atom stereocenters. The van der Waals surface area contributed by atoms with Crippen molar-refractivity contribution in [3.8, 4) is 17.2 Å². The van der Waals surface area contributed by atoms with Gasteiger partial charge in [0.2, 0.25) is 5.75 Å². The number of nitrogens with zero attached hydrogens (tertiary/aromatic N) is 3. The normalized spacial score (nSPS) is 15.2. The number of phenols is 1. The lowest BCUT2D eigenvalue weighted by molar-refractivity contribution is 0.131. The fourth-order valence-electron chi connectivity index (χ4n) is 3.41. The summed E-state index contributed by atoms with van der Waals surface area (Å²) >= 11 is 0. The largest absolute Gasteiger partial charge is 0.502 e.